The number of carbonyl (C=O) groups is 3. The molecule has 4 rings (SSSR count). The number of carbonyl (C=O) groups excluding carboxylic acids is 2. The maximum absolute atomic E-state index is 12.3. The molecule has 184 valence electrons. The molecule has 0 saturated carbocycles. The molecule has 0 fully saturated rings. The van der Waals surface area contributed by atoms with E-state index in [1.165, 1.54) is 0 Å². The Morgan fingerprint density at radius 3 is 2.19 bits per heavy atom. The molecule has 10 nitrogen and oxygen atoms in total. The maximum Gasteiger partial charge on any atom is 0.327 e. The van der Waals surface area contributed by atoms with Gasteiger partial charge in [-0.1, -0.05) is 24.0 Å². The molecule has 0 saturated heterocycles. The summed E-state index contributed by atoms with van der Waals surface area (Å²) in [7, 11) is 0. The lowest BCUT2D eigenvalue weighted by molar-refractivity contribution is -0.138. The Hall–Kier alpha value is -5.11. The first-order chi connectivity index (χ1) is 17.9. The summed E-state index contributed by atoms with van der Waals surface area (Å²) < 4.78 is 0. The second kappa shape index (κ2) is 11.1. The highest BCUT2D eigenvalue weighted by atomic mass is 16.4. The molecule has 0 aliphatic heterocycles. The van der Waals surface area contributed by atoms with Gasteiger partial charge in [-0.3, -0.25) is 20.0 Å². The van der Waals surface area contributed by atoms with Crippen LogP contribution in [0.1, 0.15) is 31.8 Å². The van der Waals surface area contributed by atoms with Crippen LogP contribution in [0.3, 0.4) is 0 Å². The summed E-state index contributed by atoms with van der Waals surface area (Å²) in [5.41, 5.74) is 11.6. The molecule has 37 heavy (non-hydrogen) atoms. The second-order valence-electron chi connectivity index (χ2n) is 7.93. The number of fused-ring (bicyclic) bond motifs is 1. The van der Waals surface area contributed by atoms with Crippen LogP contribution in [0.5, 0.6) is 0 Å². The van der Waals surface area contributed by atoms with Crippen molar-refractivity contribution in [3.63, 3.8) is 0 Å². The summed E-state index contributed by atoms with van der Waals surface area (Å²) >= 11 is 0. The first-order valence-corrected chi connectivity index (χ1v) is 11.1. The summed E-state index contributed by atoms with van der Waals surface area (Å²) in [6.45, 7) is -0.206. The fourth-order valence-electron chi connectivity index (χ4n) is 3.52. The van der Waals surface area contributed by atoms with Gasteiger partial charge >= 0.3 is 5.97 Å². The SMILES string of the molecule is NCC(NC(=O)c1ccc(C#Cc2ccc(-c3cc(C(=O)NN)c4cnccc4n3)cc2)cc1)C(=O)O. The number of nitrogens with one attached hydrogen (secondary N) is 2. The molecule has 2 aromatic heterocycles. The number of aliphatic carboxylic acids is 1. The lowest BCUT2D eigenvalue weighted by Gasteiger charge is -2.11. The van der Waals surface area contributed by atoms with Crippen molar-refractivity contribution in [2.75, 3.05) is 6.54 Å². The van der Waals surface area contributed by atoms with Crippen LogP contribution in [0.25, 0.3) is 22.2 Å². The zero-order chi connectivity index (χ0) is 26.4. The zero-order valence-electron chi connectivity index (χ0n) is 19.4. The fraction of sp³-hybridized carbons (Fsp3) is 0.0741. The van der Waals surface area contributed by atoms with Gasteiger partial charge in [0.05, 0.1) is 16.8 Å². The summed E-state index contributed by atoms with van der Waals surface area (Å²) in [6.07, 6.45) is 3.18. The smallest absolute Gasteiger partial charge is 0.327 e. The normalized spacial score (nSPS) is 11.2. The average Bonchev–Trinajstić information content (AvgIpc) is 2.94. The molecule has 2 heterocycles. The molecule has 1 atom stereocenters. The number of benzene rings is 2. The number of amides is 2. The third kappa shape index (κ3) is 5.76. The van der Waals surface area contributed by atoms with Crippen molar-refractivity contribution in [2.24, 2.45) is 11.6 Å². The van der Waals surface area contributed by atoms with Gasteiger partial charge in [0.15, 0.2) is 0 Å². The van der Waals surface area contributed by atoms with E-state index in [-0.39, 0.29) is 6.54 Å². The Balaban J connectivity index is 1.51. The second-order valence-corrected chi connectivity index (χ2v) is 7.93. The van der Waals surface area contributed by atoms with Crippen molar-refractivity contribution in [1.82, 2.24) is 20.7 Å². The van der Waals surface area contributed by atoms with E-state index in [0.29, 0.717) is 33.3 Å². The Kier molecular flexibility index (Phi) is 7.49. The fourth-order valence-corrected chi connectivity index (χ4v) is 3.52. The third-order valence-corrected chi connectivity index (χ3v) is 5.50. The lowest BCUT2D eigenvalue weighted by Crippen LogP contribution is -2.45. The molecule has 4 aromatic rings. The topological polar surface area (TPSA) is 173 Å². The van der Waals surface area contributed by atoms with Crippen molar-refractivity contribution >= 4 is 28.7 Å². The standard InChI is InChI=1S/C27H22N6O4/c28-14-24(27(36)37)32-25(34)19-9-5-17(6-10-19)2-1-16-3-7-18(8-4-16)23-13-20(26(35)33-29)21-15-30-12-11-22(21)31-23/h3-13,15,24H,14,28-29H2,(H,32,34)(H,33,35)(H,36,37). The Bertz CT molecular complexity index is 1540. The Morgan fingerprint density at radius 2 is 1.59 bits per heavy atom. The number of aromatic nitrogens is 2. The molecular formula is C27H22N6O4. The van der Waals surface area contributed by atoms with Crippen LogP contribution in [0.2, 0.25) is 0 Å². The number of pyridine rings is 2. The van der Waals surface area contributed by atoms with Gasteiger partial charge < -0.3 is 16.2 Å². The number of nitrogens with zero attached hydrogens (tertiary/aromatic N) is 2. The van der Waals surface area contributed by atoms with Crippen molar-refractivity contribution in [2.45, 2.75) is 6.04 Å². The molecule has 2 amide bonds. The van der Waals surface area contributed by atoms with Crippen LogP contribution < -0.4 is 22.3 Å². The quantitative estimate of drug-likeness (QED) is 0.116. The number of hydrazine groups is 1. The first kappa shape index (κ1) is 25.0. The summed E-state index contributed by atoms with van der Waals surface area (Å²) in [6, 6.07) is 16.1. The summed E-state index contributed by atoms with van der Waals surface area (Å²) in [5, 5.41) is 12.0. The monoisotopic (exact) mass is 494 g/mol. The first-order valence-electron chi connectivity index (χ1n) is 11.1. The van der Waals surface area contributed by atoms with Crippen molar-refractivity contribution in [1.29, 1.82) is 0 Å². The van der Waals surface area contributed by atoms with E-state index in [9.17, 15) is 14.4 Å². The number of carboxylic acid groups (broad SMARTS) is 1. The molecule has 0 aliphatic rings. The molecule has 0 radical (unpaired) electrons. The molecule has 2 aromatic carbocycles. The number of nitrogen functional groups attached to an aromatic ring is 1. The van der Waals surface area contributed by atoms with Crippen LogP contribution in [0, 0.1) is 11.8 Å². The van der Waals surface area contributed by atoms with E-state index in [2.05, 4.69) is 32.6 Å². The molecular weight excluding hydrogens is 472 g/mol. The number of nitrogens with two attached hydrogens (primary N) is 2. The number of hydrogen-bond acceptors (Lipinski definition) is 7. The molecule has 7 N–H and O–H groups in total. The van der Waals surface area contributed by atoms with Crippen LogP contribution in [-0.4, -0.2) is 45.4 Å². The average molecular weight is 495 g/mol. The van der Waals surface area contributed by atoms with Gasteiger partial charge in [-0.15, -0.1) is 0 Å². The van der Waals surface area contributed by atoms with Crippen LogP contribution in [-0.2, 0) is 4.79 Å². The van der Waals surface area contributed by atoms with Gasteiger partial charge in [0.2, 0.25) is 0 Å². The predicted octanol–water partition coefficient (Wildman–Crippen LogP) is 1.44. The van der Waals surface area contributed by atoms with Crippen LogP contribution in [0.15, 0.2) is 73.1 Å². The van der Waals surface area contributed by atoms with Gasteiger partial charge in [-0.2, -0.15) is 0 Å². The van der Waals surface area contributed by atoms with Gasteiger partial charge in [0.1, 0.15) is 6.04 Å². The van der Waals surface area contributed by atoms with Gasteiger partial charge in [0.25, 0.3) is 11.8 Å². The number of carboxylic acids is 1. The predicted molar refractivity (Wildman–Crippen MR) is 137 cm³/mol. The minimum atomic E-state index is -1.19. The third-order valence-electron chi connectivity index (χ3n) is 5.50. The number of rotatable bonds is 6. The van der Waals surface area contributed by atoms with Crippen molar-refractivity contribution in [3.8, 4) is 23.1 Å². The van der Waals surface area contributed by atoms with Crippen LogP contribution >= 0.6 is 0 Å². The maximum atomic E-state index is 12.3. The molecule has 0 spiro atoms. The Morgan fingerprint density at radius 1 is 0.946 bits per heavy atom. The van der Waals surface area contributed by atoms with Gasteiger partial charge in [-0.25, -0.2) is 15.6 Å². The van der Waals surface area contributed by atoms with Crippen molar-refractivity contribution < 1.29 is 19.5 Å². The highest BCUT2D eigenvalue weighted by molar-refractivity contribution is 6.06. The minimum Gasteiger partial charge on any atom is -0.480 e. The highest BCUT2D eigenvalue weighted by Crippen LogP contribution is 2.24. The molecule has 0 bridgehead atoms. The van der Waals surface area contributed by atoms with E-state index in [1.807, 2.05) is 24.3 Å². The van der Waals surface area contributed by atoms with E-state index in [1.54, 1.807) is 48.8 Å². The molecule has 0 aliphatic carbocycles. The molecule has 10 heteroatoms. The zero-order valence-corrected chi connectivity index (χ0v) is 19.4. The highest BCUT2D eigenvalue weighted by Gasteiger charge is 2.18. The van der Waals surface area contributed by atoms with Gasteiger partial charge in [-0.05, 0) is 48.5 Å². The van der Waals surface area contributed by atoms with E-state index in [0.717, 1.165) is 11.1 Å². The largest absolute Gasteiger partial charge is 0.480 e. The minimum absolute atomic E-state index is 0.206. The van der Waals surface area contributed by atoms with Crippen molar-refractivity contribution in [3.05, 3.63) is 95.3 Å². The van der Waals surface area contributed by atoms with E-state index < -0.39 is 23.8 Å². The lowest BCUT2D eigenvalue weighted by atomic mass is 10.0. The summed E-state index contributed by atoms with van der Waals surface area (Å²) in [5.74, 6) is 9.27. The van der Waals surface area contributed by atoms with Crippen LogP contribution in [0.4, 0.5) is 0 Å². The summed E-state index contributed by atoms with van der Waals surface area (Å²) in [4.78, 5) is 44.2. The van der Waals surface area contributed by atoms with E-state index >= 15 is 0 Å². The Labute approximate surface area is 211 Å². The van der Waals surface area contributed by atoms with Gasteiger partial charge in [0, 0.05) is 46.6 Å². The van der Waals surface area contributed by atoms with E-state index in [4.69, 9.17) is 16.7 Å². The molecule has 1 unspecified atom stereocenters. The number of hydrogen-bond donors (Lipinski definition) is 5.